The molecule has 0 unspecified atom stereocenters. The maximum Gasteiger partial charge on any atom is 0.417 e. The minimum atomic E-state index is -4.54. The summed E-state index contributed by atoms with van der Waals surface area (Å²) in [5, 5.41) is -1.10. The van der Waals surface area contributed by atoms with Gasteiger partial charge in [-0.05, 0) is 30.7 Å². The van der Waals surface area contributed by atoms with Crippen LogP contribution in [-0.4, -0.2) is 5.24 Å². The van der Waals surface area contributed by atoms with Gasteiger partial charge in [0.1, 0.15) is 0 Å². The zero-order chi connectivity index (χ0) is 15.2. The standard InChI is InChI=1S/C8H4ClF3O.C7H8/c9-7(13)5-3-1-2-4-6(5)8(10,11)12;1-7-5-3-2-4-6-7/h1-4H;2-6H,1H3. The molecule has 0 heterocycles. The van der Waals surface area contributed by atoms with Gasteiger partial charge in [0.05, 0.1) is 5.56 Å². The van der Waals surface area contributed by atoms with Gasteiger partial charge in [-0.3, -0.25) is 4.79 Å². The summed E-state index contributed by atoms with van der Waals surface area (Å²) >= 11 is 4.98. The van der Waals surface area contributed by atoms with Gasteiger partial charge in [0.15, 0.2) is 0 Å². The van der Waals surface area contributed by atoms with E-state index in [4.69, 9.17) is 11.6 Å². The number of alkyl halides is 3. The highest BCUT2D eigenvalue weighted by atomic mass is 35.5. The average molecular weight is 301 g/mol. The van der Waals surface area contributed by atoms with Crippen molar-refractivity contribution in [2.45, 2.75) is 13.1 Å². The zero-order valence-corrected chi connectivity index (χ0v) is 11.4. The monoisotopic (exact) mass is 300 g/mol. The molecule has 0 radical (unpaired) electrons. The highest BCUT2D eigenvalue weighted by molar-refractivity contribution is 6.67. The zero-order valence-electron chi connectivity index (χ0n) is 10.6. The van der Waals surface area contributed by atoms with E-state index in [0.29, 0.717) is 0 Å². The summed E-state index contributed by atoms with van der Waals surface area (Å²) in [6.45, 7) is 2.08. The van der Waals surface area contributed by atoms with E-state index in [2.05, 4.69) is 19.1 Å². The summed E-state index contributed by atoms with van der Waals surface area (Å²) in [5.41, 5.74) is -0.200. The maximum atomic E-state index is 12.2. The fourth-order valence-electron chi connectivity index (χ4n) is 1.44. The van der Waals surface area contributed by atoms with E-state index in [0.717, 1.165) is 12.1 Å². The normalized spacial score (nSPS) is 10.4. The van der Waals surface area contributed by atoms with Crippen molar-refractivity contribution < 1.29 is 18.0 Å². The summed E-state index contributed by atoms with van der Waals surface area (Å²) in [7, 11) is 0. The fourth-order valence-corrected chi connectivity index (χ4v) is 1.60. The molecule has 2 aromatic rings. The summed E-state index contributed by atoms with van der Waals surface area (Å²) in [4.78, 5) is 10.6. The van der Waals surface area contributed by atoms with Gasteiger partial charge in [0.25, 0.3) is 5.24 Å². The summed E-state index contributed by atoms with van der Waals surface area (Å²) in [6.07, 6.45) is -4.54. The molecule has 0 bridgehead atoms. The highest BCUT2D eigenvalue weighted by Crippen LogP contribution is 2.32. The van der Waals surface area contributed by atoms with Gasteiger partial charge >= 0.3 is 6.18 Å². The van der Waals surface area contributed by atoms with Gasteiger partial charge in [0.2, 0.25) is 0 Å². The lowest BCUT2D eigenvalue weighted by Crippen LogP contribution is -2.10. The predicted molar refractivity (Wildman–Crippen MR) is 72.8 cm³/mol. The van der Waals surface area contributed by atoms with Crippen LogP contribution >= 0.6 is 11.6 Å². The number of carbonyl (C=O) groups is 1. The average Bonchev–Trinajstić information content (AvgIpc) is 2.39. The van der Waals surface area contributed by atoms with Crippen LogP contribution in [0, 0.1) is 6.92 Å². The summed E-state index contributed by atoms with van der Waals surface area (Å²) < 4.78 is 36.6. The van der Waals surface area contributed by atoms with Gasteiger partial charge in [-0.15, -0.1) is 0 Å². The molecule has 2 aromatic carbocycles. The molecule has 0 atom stereocenters. The number of benzene rings is 2. The lowest BCUT2D eigenvalue weighted by molar-refractivity contribution is -0.137. The molecule has 0 amide bonds. The smallest absolute Gasteiger partial charge is 0.276 e. The number of aryl methyl sites for hydroxylation is 1. The lowest BCUT2D eigenvalue weighted by Gasteiger charge is -2.08. The Bertz CT molecular complexity index is 565. The number of rotatable bonds is 1. The van der Waals surface area contributed by atoms with Crippen LogP contribution in [0.3, 0.4) is 0 Å². The first-order valence-electron chi connectivity index (χ1n) is 5.70. The molecule has 0 aliphatic carbocycles. The highest BCUT2D eigenvalue weighted by Gasteiger charge is 2.34. The number of halogens is 4. The van der Waals surface area contributed by atoms with E-state index < -0.39 is 22.5 Å². The quantitative estimate of drug-likeness (QED) is 0.671. The van der Waals surface area contributed by atoms with Crippen LogP contribution in [0.15, 0.2) is 54.6 Å². The third-order valence-corrected chi connectivity index (χ3v) is 2.59. The lowest BCUT2D eigenvalue weighted by atomic mass is 10.1. The van der Waals surface area contributed by atoms with E-state index in [-0.39, 0.29) is 0 Å². The Morgan fingerprint density at radius 1 is 0.950 bits per heavy atom. The first kappa shape index (κ1) is 16.2. The first-order chi connectivity index (χ1) is 9.32. The molecular formula is C15H12ClF3O. The number of hydrogen-bond donors (Lipinski definition) is 0. The fraction of sp³-hybridized carbons (Fsp3) is 0.133. The molecule has 106 valence electrons. The number of hydrogen-bond acceptors (Lipinski definition) is 1. The van der Waals surface area contributed by atoms with Crippen LogP contribution in [0.2, 0.25) is 0 Å². The molecule has 0 aliphatic heterocycles. The molecule has 20 heavy (non-hydrogen) atoms. The molecule has 0 aromatic heterocycles. The van der Waals surface area contributed by atoms with Gasteiger partial charge in [0, 0.05) is 5.56 Å². The number of carbonyl (C=O) groups excluding carboxylic acids is 1. The third kappa shape index (κ3) is 5.05. The molecule has 2 rings (SSSR count). The SMILES string of the molecule is Cc1ccccc1.O=C(Cl)c1ccccc1C(F)(F)F. The Hall–Kier alpha value is -1.81. The van der Waals surface area contributed by atoms with Crippen molar-refractivity contribution >= 4 is 16.8 Å². The molecule has 0 aliphatic rings. The predicted octanol–water partition coefficient (Wildman–Crippen LogP) is 5.08. The second-order valence-electron chi connectivity index (χ2n) is 3.97. The van der Waals surface area contributed by atoms with Crippen LogP contribution in [0.5, 0.6) is 0 Å². The molecule has 0 spiro atoms. The molecule has 5 heteroatoms. The summed E-state index contributed by atoms with van der Waals surface area (Å²) in [5.74, 6) is 0. The van der Waals surface area contributed by atoms with Crippen molar-refractivity contribution in [1.29, 1.82) is 0 Å². The second-order valence-corrected chi connectivity index (χ2v) is 4.32. The summed E-state index contributed by atoms with van der Waals surface area (Å²) in [6, 6.07) is 14.6. The van der Waals surface area contributed by atoms with Crippen molar-refractivity contribution in [3.63, 3.8) is 0 Å². The molecule has 1 nitrogen and oxygen atoms in total. The molecule has 0 N–H and O–H groups in total. The Labute approximate surface area is 120 Å². The van der Waals surface area contributed by atoms with E-state index in [1.165, 1.54) is 17.7 Å². The van der Waals surface area contributed by atoms with Crippen LogP contribution < -0.4 is 0 Å². The van der Waals surface area contributed by atoms with Crippen molar-refractivity contribution in [2.24, 2.45) is 0 Å². The first-order valence-corrected chi connectivity index (χ1v) is 6.08. The Morgan fingerprint density at radius 3 is 1.80 bits per heavy atom. The van der Waals surface area contributed by atoms with Gasteiger partial charge in [-0.25, -0.2) is 0 Å². The maximum absolute atomic E-state index is 12.2. The van der Waals surface area contributed by atoms with E-state index in [1.54, 1.807) is 0 Å². The van der Waals surface area contributed by atoms with Crippen molar-refractivity contribution in [1.82, 2.24) is 0 Å². The Kier molecular flexibility index (Phi) is 5.77. The van der Waals surface area contributed by atoms with Crippen molar-refractivity contribution in [2.75, 3.05) is 0 Å². The van der Waals surface area contributed by atoms with Crippen molar-refractivity contribution in [3.05, 3.63) is 71.3 Å². The van der Waals surface area contributed by atoms with Crippen LogP contribution in [0.25, 0.3) is 0 Å². The van der Waals surface area contributed by atoms with E-state index in [1.807, 2.05) is 18.2 Å². The van der Waals surface area contributed by atoms with Gasteiger partial charge in [-0.2, -0.15) is 13.2 Å². The Balaban J connectivity index is 0.000000240. The Morgan fingerprint density at radius 2 is 1.45 bits per heavy atom. The topological polar surface area (TPSA) is 17.1 Å². The molecule has 0 saturated heterocycles. The molecular weight excluding hydrogens is 289 g/mol. The van der Waals surface area contributed by atoms with Gasteiger partial charge in [-0.1, -0.05) is 48.0 Å². The minimum Gasteiger partial charge on any atom is -0.276 e. The second kappa shape index (κ2) is 7.10. The van der Waals surface area contributed by atoms with E-state index in [9.17, 15) is 18.0 Å². The van der Waals surface area contributed by atoms with Crippen LogP contribution in [0.4, 0.5) is 13.2 Å². The largest absolute Gasteiger partial charge is 0.417 e. The van der Waals surface area contributed by atoms with Crippen LogP contribution in [0.1, 0.15) is 21.5 Å². The van der Waals surface area contributed by atoms with Crippen LogP contribution in [-0.2, 0) is 6.18 Å². The van der Waals surface area contributed by atoms with Crippen molar-refractivity contribution in [3.8, 4) is 0 Å². The third-order valence-electron chi connectivity index (χ3n) is 2.38. The van der Waals surface area contributed by atoms with Gasteiger partial charge < -0.3 is 0 Å². The molecule has 0 saturated carbocycles. The minimum absolute atomic E-state index is 0.517. The molecule has 0 fully saturated rings. The van der Waals surface area contributed by atoms with E-state index >= 15 is 0 Å².